The van der Waals surface area contributed by atoms with Crippen molar-refractivity contribution in [2.75, 3.05) is 0 Å². The van der Waals surface area contributed by atoms with Crippen LogP contribution in [0, 0.1) is 6.92 Å². The zero-order chi connectivity index (χ0) is 9.26. The van der Waals surface area contributed by atoms with Crippen molar-refractivity contribution in [1.29, 1.82) is 0 Å². The molecule has 0 aliphatic rings. The van der Waals surface area contributed by atoms with Crippen LogP contribution in [0.3, 0.4) is 0 Å². The topological polar surface area (TPSA) is 15.8 Å². The number of hydrogen-bond donors (Lipinski definition) is 1. The molecule has 0 fully saturated rings. The molecule has 0 aliphatic carbocycles. The number of rotatable bonds is 1. The van der Waals surface area contributed by atoms with Crippen molar-refractivity contribution in [2.24, 2.45) is 0 Å². The van der Waals surface area contributed by atoms with E-state index in [0.29, 0.717) is 0 Å². The molecule has 0 saturated heterocycles. The zero-order valence-corrected chi connectivity index (χ0v) is 8.70. The molecule has 1 atom stereocenters. The maximum absolute atomic E-state index is 3.14. The first-order chi connectivity index (χ1) is 6.25. The first kappa shape index (κ1) is 8.52. The van der Waals surface area contributed by atoms with Gasteiger partial charge in [-0.15, -0.1) is 0 Å². The molecule has 0 saturated carbocycles. The van der Waals surface area contributed by atoms with E-state index >= 15 is 0 Å². The molecular formula is C11H12NP. The molecule has 1 aromatic carbocycles. The third-order valence-electron chi connectivity index (χ3n) is 2.09. The second-order valence-electron chi connectivity index (χ2n) is 3.21. The molecule has 1 unspecified atom stereocenters. The predicted octanol–water partition coefficient (Wildman–Crippen LogP) is 2.49. The number of aromatic nitrogens is 1. The molecule has 1 aromatic heterocycles. The Balaban J connectivity index is 2.41. The first-order valence-corrected chi connectivity index (χ1v) is 4.84. The Bertz CT molecular complexity index is 400. The minimum absolute atomic E-state index is 1.12. The standard InChI is InChI=1S/C11H12NP/c1-8-2-4-9(5-3-8)10-6-11(13)12-7-10/h2-7,12H,13H2,1H3. The lowest BCUT2D eigenvalue weighted by Gasteiger charge is -1.97. The van der Waals surface area contributed by atoms with Crippen molar-refractivity contribution < 1.29 is 0 Å². The van der Waals surface area contributed by atoms with Gasteiger partial charge in [-0.3, -0.25) is 0 Å². The molecule has 0 spiro atoms. The number of hydrogen-bond acceptors (Lipinski definition) is 0. The summed E-state index contributed by atoms with van der Waals surface area (Å²) in [5.41, 5.74) is 4.92. The molecule has 2 rings (SSSR count). The second-order valence-corrected chi connectivity index (χ2v) is 3.83. The van der Waals surface area contributed by atoms with E-state index in [1.54, 1.807) is 0 Å². The lowest BCUT2D eigenvalue weighted by molar-refractivity contribution is 1.45. The van der Waals surface area contributed by atoms with Crippen LogP contribution in [0.2, 0.25) is 0 Å². The van der Waals surface area contributed by atoms with Gasteiger partial charge in [0.1, 0.15) is 0 Å². The molecule has 1 N–H and O–H groups in total. The van der Waals surface area contributed by atoms with Gasteiger partial charge in [-0.2, -0.15) is 0 Å². The van der Waals surface area contributed by atoms with Crippen molar-refractivity contribution in [3.8, 4) is 11.1 Å². The molecule has 2 heteroatoms. The molecule has 0 radical (unpaired) electrons. The summed E-state index contributed by atoms with van der Waals surface area (Å²) in [4.78, 5) is 3.14. The van der Waals surface area contributed by atoms with Crippen LogP contribution >= 0.6 is 9.24 Å². The largest absolute Gasteiger partial charge is 0.361 e. The van der Waals surface area contributed by atoms with Gasteiger partial charge in [-0.1, -0.05) is 39.1 Å². The highest BCUT2D eigenvalue weighted by molar-refractivity contribution is 7.26. The van der Waals surface area contributed by atoms with E-state index in [2.05, 4.69) is 51.5 Å². The summed E-state index contributed by atoms with van der Waals surface area (Å²) >= 11 is 0. The average Bonchev–Trinajstić information content (AvgIpc) is 2.53. The van der Waals surface area contributed by atoms with Crippen LogP contribution in [0.1, 0.15) is 5.56 Å². The summed E-state index contributed by atoms with van der Waals surface area (Å²) in [6.07, 6.45) is 2.02. The molecule has 1 nitrogen and oxygen atoms in total. The van der Waals surface area contributed by atoms with E-state index in [1.807, 2.05) is 6.20 Å². The molecule has 13 heavy (non-hydrogen) atoms. The Morgan fingerprint density at radius 2 is 1.77 bits per heavy atom. The van der Waals surface area contributed by atoms with Crippen LogP contribution in [-0.4, -0.2) is 4.98 Å². The first-order valence-electron chi connectivity index (χ1n) is 4.26. The van der Waals surface area contributed by atoms with Gasteiger partial charge < -0.3 is 4.98 Å². The fraction of sp³-hybridized carbons (Fsp3) is 0.0909. The van der Waals surface area contributed by atoms with Crippen molar-refractivity contribution in [3.63, 3.8) is 0 Å². The highest BCUT2D eigenvalue weighted by atomic mass is 31.0. The highest BCUT2D eigenvalue weighted by Crippen LogP contribution is 2.18. The number of aryl methyl sites for hydroxylation is 1. The fourth-order valence-electron chi connectivity index (χ4n) is 1.32. The average molecular weight is 189 g/mol. The summed E-state index contributed by atoms with van der Waals surface area (Å²) in [5.74, 6) is 0. The molecule has 0 aliphatic heterocycles. The van der Waals surface area contributed by atoms with Gasteiger partial charge in [0.15, 0.2) is 0 Å². The van der Waals surface area contributed by atoms with Crippen LogP contribution in [0.15, 0.2) is 36.5 Å². The lowest BCUT2D eigenvalue weighted by Crippen LogP contribution is -1.84. The van der Waals surface area contributed by atoms with E-state index in [1.165, 1.54) is 16.7 Å². The Hall–Kier alpha value is -1.07. The molecule has 2 aromatic rings. The zero-order valence-electron chi connectivity index (χ0n) is 7.54. The third-order valence-corrected chi connectivity index (χ3v) is 2.42. The summed E-state index contributed by atoms with van der Waals surface area (Å²) in [6, 6.07) is 10.7. The van der Waals surface area contributed by atoms with Crippen molar-refractivity contribution in [2.45, 2.75) is 6.92 Å². The quantitative estimate of drug-likeness (QED) is 0.663. The number of aromatic amines is 1. The van der Waals surface area contributed by atoms with Crippen LogP contribution in [0.4, 0.5) is 0 Å². The van der Waals surface area contributed by atoms with Gasteiger partial charge in [0.25, 0.3) is 0 Å². The van der Waals surface area contributed by atoms with Crippen molar-refractivity contribution >= 4 is 14.7 Å². The molecule has 1 heterocycles. The molecule has 0 bridgehead atoms. The smallest absolute Gasteiger partial charge is 0.0327 e. The van der Waals surface area contributed by atoms with E-state index < -0.39 is 0 Å². The van der Waals surface area contributed by atoms with Gasteiger partial charge in [0.2, 0.25) is 0 Å². The van der Waals surface area contributed by atoms with E-state index in [0.717, 1.165) is 5.44 Å². The third kappa shape index (κ3) is 1.81. The maximum Gasteiger partial charge on any atom is 0.0327 e. The minimum Gasteiger partial charge on any atom is -0.361 e. The van der Waals surface area contributed by atoms with E-state index in [9.17, 15) is 0 Å². The summed E-state index contributed by atoms with van der Waals surface area (Å²) in [6.45, 7) is 2.10. The van der Waals surface area contributed by atoms with Crippen LogP contribution < -0.4 is 5.44 Å². The van der Waals surface area contributed by atoms with Crippen LogP contribution in [0.25, 0.3) is 11.1 Å². The van der Waals surface area contributed by atoms with Gasteiger partial charge >= 0.3 is 0 Å². The van der Waals surface area contributed by atoms with E-state index in [4.69, 9.17) is 0 Å². The molecule has 66 valence electrons. The van der Waals surface area contributed by atoms with Gasteiger partial charge in [0, 0.05) is 11.6 Å². The van der Waals surface area contributed by atoms with E-state index in [-0.39, 0.29) is 0 Å². The van der Waals surface area contributed by atoms with Gasteiger partial charge in [-0.05, 0) is 24.1 Å². The highest BCUT2D eigenvalue weighted by Gasteiger charge is 1.97. The molecule has 0 amide bonds. The Morgan fingerprint density at radius 3 is 2.31 bits per heavy atom. The second kappa shape index (κ2) is 3.35. The number of nitrogens with one attached hydrogen (secondary N) is 1. The van der Waals surface area contributed by atoms with Gasteiger partial charge in [0.05, 0.1) is 0 Å². The molecular weight excluding hydrogens is 177 g/mol. The minimum atomic E-state index is 1.12. The predicted molar refractivity (Wildman–Crippen MR) is 60.3 cm³/mol. The lowest BCUT2D eigenvalue weighted by atomic mass is 10.1. The Morgan fingerprint density at radius 1 is 1.08 bits per heavy atom. The summed E-state index contributed by atoms with van der Waals surface area (Å²) in [7, 11) is 2.65. The maximum atomic E-state index is 3.14. The Labute approximate surface area is 80.4 Å². The Kier molecular flexibility index (Phi) is 2.20. The SMILES string of the molecule is Cc1ccc(-c2c[nH]c(P)c2)cc1. The van der Waals surface area contributed by atoms with Crippen LogP contribution in [0.5, 0.6) is 0 Å². The fourth-order valence-corrected chi connectivity index (χ4v) is 1.59. The van der Waals surface area contributed by atoms with Crippen LogP contribution in [-0.2, 0) is 0 Å². The number of benzene rings is 1. The number of H-pyrrole nitrogens is 1. The summed E-state index contributed by atoms with van der Waals surface area (Å²) in [5, 5.41) is 0. The monoisotopic (exact) mass is 189 g/mol. The normalized spacial score (nSPS) is 10.3. The van der Waals surface area contributed by atoms with Gasteiger partial charge in [-0.25, -0.2) is 0 Å². The summed E-state index contributed by atoms with van der Waals surface area (Å²) < 4.78 is 0. The van der Waals surface area contributed by atoms with Crippen molar-refractivity contribution in [3.05, 3.63) is 42.1 Å². The van der Waals surface area contributed by atoms with Crippen molar-refractivity contribution in [1.82, 2.24) is 4.98 Å².